The van der Waals surface area contributed by atoms with Gasteiger partial charge < -0.3 is 4.90 Å². The number of carbonyl (C=O) groups excluding carboxylic acids is 1. The summed E-state index contributed by atoms with van der Waals surface area (Å²) in [6, 6.07) is 8.79. The molecule has 0 aromatic heterocycles. The minimum atomic E-state index is 0.327. The third-order valence-electron chi connectivity index (χ3n) is 4.65. The molecule has 1 unspecified atom stereocenters. The average molecular weight is 351 g/mol. The molecule has 1 saturated heterocycles. The van der Waals surface area contributed by atoms with Crippen LogP contribution >= 0.6 is 15.9 Å². The first-order valence-electron chi connectivity index (χ1n) is 7.87. The predicted octanol–water partition coefficient (Wildman–Crippen LogP) is 3.28. The number of likely N-dealkylation sites (tertiary alicyclic amines) is 1. The van der Waals surface area contributed by atoms with Crippen molar-refractivity contribution in [3.63, 3.8) is 0 Å². The molecule has 114 valence electrons. The molecule has 1 aromatic carbocycles. The maximum absolute atomic E-state index is 12.2. The number of carbonyl (C=O) groups is 1. The van der Waals surface area contributed by atoms with E-state index < -0.39 is 0 Å². The molecule has 0 bridgehead atoms. The van der Waals surface area contributed by atoms with Gasteiger partial charge in [0.05, 0.1) is 0 Å². The Bertz CT molecular complexity index is 515. The normalized spacial score (nSPS) is 23.0. The van der Waals surface area contributed by atoms with E-state index in [9.17, 15) is 4.79 Å². The van der Waals surface area contributed by atoms with Gasteiger partial charge in [-0.05, 0) is 43.9 Å². The van der Waals surface area contributed by atoms with Gasteiger partial charge in [-0.3, -0.25) is 9.69 Å². The topological polar surface area (TPSA) is 23.6 Å². The second kappa shape index (κ2) is 6.49. The summed E-state index contributed by atoms with van der Waals surface area (Å²) in [5, 5.41) is 0. The third kappa shape index (κ3) is 3.67. The number of rotatable bonds is 4. The number of likely N-dealkylation sites (N-methyl/N-ethyl adjacent to an activating group) is 1. The van der Waals surface area contributed by atoms with Crippen LogP contribution in [0.3, 0.4) is 0 Å². The molecule has 21 heavy (non-hydrogen) atoms. The standard InChI is InChI=1S/C17H23BrN2O/c1-19(17(21)13-8-9-13)15-6-4-10-20(12-15)11-14-5-2-3-7-16(14)18/h2-3,5,7,13,15H,4,6,8-12H2,1H3. The SMILES string of the molecule is CN(C(=O)C1CC1)C1CCCN(Cc2ccccc2Br)C1. The minimum Gasteiger partial charge on any atom is -0.341 e. The first kappa shape index (κ1) is 15.0. The number of nitrogens with zero attached hydrogens (tertiary/aromatic N) is 2. The minimum absolute atomic E-state index is 0.327. The van der Waals surface area contributed by atoms with Crippen LogP contribution in [0.1, 0.15) is 31.2 Å². The van der Waals surface area contributed by atoms with Crippen LogP contribution < -0.4 is 0 Å². The number of amides is 1. The van der Waals surface area contributed by atoms with Crippen LogP contribution in [0.4, 0.5) is 0 Å². The number of hydrogen-bond donors (Lipinski definition) is 0. The molecule has 4 heteroatoms. The average Bonchev–Trinajstić information content (AvgIpc) is 3.33. The maximum atomic E-state index is 12.2. The zero-order valence-corrected chi connectivity index (χ0v) is 14.2. The van der Waals surface area contributed by atoms with Gasteiger partial charge in [0.25, 0.3) is 0 Å². The largest absolute Gasteiger partial charge is 0.341 e. The Hall–Kier alpha value is -0.870. The molecule has 1 aliphatic carbocycles. The summed E-state index contributed by atoms with van der Waals surface area (Å²) < 4.78 is 1.18. The summed E-state index contributed by atoms with van der Waals surface area (Å²) in [5.74, 6) is 0.691. The van der Waals surface area contributed by atoms with Crippen molar-refractivity contribution in [2.24, 2.45) is 5.92 Å². The highest BCUT2D eigenvalue weighted by Crippen LogP contribution is 2.32. The molecule has 0 N–H and O–H groups in total. The van der Waals surface area contributed by atoms with E-state index in [0.29, 0.717) is 17.9 Å². The Morgan fingerprint density at radius 3 is 2.81 bits per heavy atom. The molecule has 1 aromatic rings. The van der Waals surface area contributed by atoms with E-state index in [2.05, 4.69) is 45.1 Å². The van der Waals surface area contributed by atoms with Gasteiger partial charge in [0.2, 0.25) is 5.91 Å². The van der Waals surface area contributed by atoms with Crippen LogP contribution in [0, 0.1) is 5.92 Å². The molecule has 3 rings (SSSR count). The summed E-state index contributed by atoms with van der Waals surface area (Å²) in [6.45, 7) is 3.09. The van der Waals surface area contributed by atoms with E-state index in [0.717, 1.165) is 38.9 Å². The van der Waals surface area contributed by atoms with Crippen molar-refractivity contribution >= 4 is 21.8 Å². The molecule has 2 aliphatic rings. The molecular weight excluding hydrogens is 328 g/mol. The van der Waals surface area contributed by atoms with Crippen LogP contribution in [0.2, 0.25) is 0 Å². The maximum Gasteiger partial charge on any atom is 0.225 e. The first-order valence-corrected chi connectivity index (χ1v) is 8.67. The molecular formula is C17H23BrN2O. The Morgan fingerprint density at radius 1 is 1.33 bits per heavy atom. The summed E-state index contributed by atoms with van der Waals surface area (Å²) in [5.41, 5.74) is 1.33. The van der Waals surface area contributed by atoms with Crippen LogP contribution in [-0.2, 0) is 11.3 Å². The van der Waals surface area contributed by atoms with Crippen molar-refractivity contribution in [2.75, 3.05) is 20.1 Å². The van der Waals surface area contributed by atoms with Crippen molar-refractivity contribution in [1.82, 2.24) is 9.80 Å². The van der Waals surface area contributed by atoms with Crippen molar-refractivity contribution in [3.8, 4) is 0 Å². The Balaban J connectivity index is 1.60. The molecule has 1 aliphatic heterocycles. The van der Waals surface area contributed by atoms with Gasteiger partial charge in [-0.25, -0.2) is 0 Å². The van der Waals surface area contributed by atoms with E-state index >= 15 is 0 Å². The predicted molar refractivity (Wildman–Crippen MR) is 87.9 cm³/mol. The van der Waals surface area contributed by atoms with Crippen molar-refractivity contribution in [1.29, 1.82) is 0 Å². The number of piperidine rings is 1. The van der Waals surface area contributed by atoms with Crippen molar-refractivity contribution < 1.29 is 4.79 Å². The highest BCUT2D eigenvalue weighted by molar-refractivity contribution is 9.10. The van der Waals surface area contributed by atoms with Crippen molar-refractivity contribution in [2.45, 2.75) is 38.3 Å². The van der Waals surface area contributed by atoms with E-state index in [4.69, 9.17) is 0 Å². The fourth-order valence-corrected chi connectivity index (χ4v) is 3.57. The fourth-order valence-electron chi connectivity index (χ4n) is 3.16. The lowest BCUT2D eigenvalue weighted by atomic mass is 10.0. The van der Waals surface area contributed by atoms with Gasteiger partial charge >= 0.3 is 0 Å². The summed E-state index contributed by atoms with van der Waals surface area (Å²) >= 11 is 3.63. The summed E-state index contributed by atoms with van der Waals surface area (Å²) in [6.07, 6.45) is 4.51. The van der Waals surface area contributed by atoms with Gasteiger partial charge in [-0.1, -0.05) is 34.1 Å². The quantitative estimate of drug-likeness (QED) is 0.831. The molecule has 0 spiro atoms. The van der Waals surface area contributed by atoms with E-state index in [1.165, 1.54) is 16.5 Å². The van der Waals surface area contributed by atoms with Crippen LogP contribution in [0.25, 0.3) is 0 Å². The molecule has 1 amide bonds. The highest BCUT2D eigenvalue weighted by atomic mass is 79.9. The number of benzene rings is 1. The van der Waals surface area contributed by atoms with E-state index in [1.54, 1.807) is 0 Å². The summed E-state index contributed by atoms with van der Waals surface area (Å²) in [4.78, 5) is 16.7. The van der Waals surface area contributed by atoms with Gasteiger partial charge in [-0.2, -0.15) is 0 Å². The van der Waals surface area contributed by atoms with Crippen LogP contribution in [0.5, 0.6) is 0 Å². The van der Waals surface area contributed by atoms with Gasteiger partial charge in [0.1, 0.15) is 0 Å². The third-order valence-corrected chi connectivity index (χ3v) is 5.43. The van der Waals surface area contributed by atoms with Gasteiger partial charge in [-0.15, -0.1) is 0 Å². The number of hydrogen-bond acceptors (Lipinski definition) is 2. The second-order valence-electron chi connectivity index (χ2n) is 6.35. The molecule has 0 radical (unpaired) electrons. The Kier molecular flexibility index (Phi) is 4.65. The molecule has 3 nitrogen and oxygen atoms in total. The van der Waals surface area contributed by atoms with E-state index in [1.807, 2.05) is 11.9 Å². The zero-order chi connectivity index (χ0) is 14.8. The Morgan fingerprint density at radius 2 is 2.10 bits per heavy atom. The van der Waals surface area contributed by atoms with Crippen LogP contribution in [0.15, 0.2) is 28.7 Å². The second-order valence-corrected chi connectivity index (χ2v) is 7.20. The lowest BCUT2D eigenvalue weighted by molar-refractivity contribution is -0.134. The first-order chi connectivity index (χ1) is 10.1. The lowest BCUT2D eigenvalue weighted by Gasteiger charge is -2.38. The smallest absolute Gasteiger partial charge is 0.225 e. The van der Waals surface area contributed by atoms with Crippen molar-refractivity contribution in [3.05, 3.63) is 34.3 Å². The molecule has 1 heterocycles. The highest BCUT2D eigenvalue weighted by Gasteiger charge is 2.35. The molecule has 1 atom stereocenters. The summed E-state index contributed by atoms with van der Waals surface area (Å²) in [7, 11) is 1.99. The van der Waals surface area contributed by atoms with E-state index in [-0.39, 0.29) is 0 Å². The van der Waals surface area contributed by atoms with Gasteiger partial charge in [0.15, 0.2) is 0 Å². The Labute approximate surface area is 135 Å². The molecule has 2 fully saturated rings. The number of halogens is 1. The van der Waals surface area contributed by atoms with Crippen LogP contribution in [-0.4, -0.2) is 41.9 Å². The molecule has 1 saturated carbocycles. The monoisotopic (exact) mass is 350 g/mol. The van der Waals surface area contributed by atoms with Gasteiger partial charge in [0, 0.05) is 36.6 Å². The fraction of sp³-hybridized carbons (Fsp3) is 0.588. The lowest BCUT2D eigenvalue weighted by Crippen LogP contribution is -2.48. The zero-order valence-electron chi connectivity index (χ0n) is 12.6.